The standard InChI is InChI=1S/C12H19N3O4S/c1-15-4-2-9(3-5-15)7-14-20(18,19)10-6-11(12(16)17)13-8-10/h6,8-9,13-14H,2-5,7H2,1H3,(H,16,17). The quantitative estimate of drug-likeness (QED) is 0.727. The number of carboxylic acids is 1. The second-order valence-corrected chi connectivity index (χ2v) is 6.92. The van der Waals surface area contributed by atoms with Gasteiger partial charge >= 0.3 is 5.97 Å². The van der Waals surface area contributed by atoms with E-state index in [9.17, 15) is 13.2 Å². The minimum atomic E-state index is -3.64. The first-order valence-electron chi connectivity index (χ1n) is 6.48. The molecular formula is C12H19N3O4S. The second-order valence-electron chi connectivity index (χ2n) is 5.15. The fraction of sp³-hybridized carbons (Fsp3) is 0.583. The van der Waals surface area contributed by atoms with E-state index < -0.39 is 16.0 Å². The van der Waals surface area contributed by atoms with Crippen molar-refractivity contribution in [3.05, 3.63) is 18.0 Å². The molecule has 1 aromatic heterocycles. The van der Waals surface area contributed by atoms with Crippen molar-refractivity contribution in [2.45, 2.75) is 17.7 Å². The Morgan fingerprint density at radius 3 is 2.70 bits per heavy atom. The predicted molar refractivity (Wildman–Crippen MR) is 73.2 cm³/mol. The summed E-state index contributed by atoms with van der Waals surface area (Å²) in [7, 11) is -1.59. The van der Waals surface area contributed by atoms with Crippen LogP contribution in [-0.4, -0.2) is 56.1 Å². The van der Waals surface area contributed by atoms with Crippen LogP contribution in [0.15, 0.2) is 17.2 Å². The van der Waals surface area contributed by atoms with Crippen molar-refractivity contribution in [3.8, 4) is 0 Å². The van der Waals surface area contributed by atoms with Crippen LogP contribution in [0.5, 0.6) is 0 Å². The number of sulfonamides is 1. The molecule has 0 radical (unpaired) electrons. The number of carbonyl (C=O) groups is 1. The molecule has 20 heavy (non-hydrogen) atoms. The van der Waals surface area contributed by atoms with Gasteiger partial charge in [-0.15, -0.1) is 0 Å². The molecule has 0 aliphatic carbocycles. The summed E-state index contributed by atoms with van der Waals surface area (Å²) in [6, 6.07) is 1.12. The number of rotatable bonds is 5. The lowest BCUT2D eigenvalue weighted by atomic mass is 9.98. The highest BCUT2D eigenvalue weighted by atomic mass is 32.2. The van der Waals surface area contributed by atoms with E-state index in [1.807, 2.05) is 7.05 Å². The van der Waals surface area contributed by atoms with E-state index in [4.69, 9.17) is 5.11 Å². The van der Waals surface area contributed by atoms with Crippen LogP contribution in [0.2, 0.25) is 0 Å². The minimum Gasteiger partial charge on any atom is -0.477 e. The molecule has 3 N–H and O–H groups in total. The molecule has 8 heteroatoms. The molecule has 1 aliphatic rings. The Labute approximate surface area is 118 Å². The van der Waals surface area contributed by atoms with Gasteiger partial charge in [0.2, 0.25) is 10.0 Å². The maximum Gasteiger partial charge on any atom is 0.352 e. The zero-order valence-electron chi connectivity index (χ0n) is 11.3. The molecule has 0 amide bonds. The third kappa shape index (κ3) is 3.59. The first-order valence-corrected chi connectivity index (χ1v) is 7.97. The van der Waals surface area contributed by atoms with E-state index in [0.717, 1.165) is 32.0 Å². The zero-order chi connectivity index (χ0) is 14.8. The fourth-order valence-electron chi connectivity index (χ4n) is 2.23. The maximum atomic E-state index is 12.0. The van der Waals surface area contributed by atoms with Crippen LogP contribution in [0.4, 0.5) is 0 Å². The van der Waals surface area contributed by atoms with Crippen LogP contribution in [0.3, 0.4) is 0 Å². The van der Waals surface area contributed by atoms with E-state index in [1.165, 1.54) is 6.20 Å². The third-order valence-electron chi connectivity index (χ3n) is 3.60. The van der Waals surface area contributed by atoms with Crippen molar-refractivity contribution >= 4 is 16.0 Å². The molecule has 1 aliphatic heterocycles. The molecule has 1 aromatic rings. The Hall–Kier alpha value is -1.38. The summed E-state index contributed by atoms with van der Waals surface area (Å²) in [5.74, 6) is -0.847. The van der Waals surface area contributed by atoms with Crippen LogP contribution in [-0.2, 0) is 10.0 Å². The van der Waals surface area contributed by atoms with Gasteiger partial charge in [0, 0.05) is 12.7 Å². The molecule has 2 heterocycles. The van der Waals surface area contributed by atoms with Crippen LogP contribution in [0, 0.1) is 5.92 Å². The monoisotopic (exact) mass is 301 g/mol. The van der Waals surface area contributed by atoms with Gasteiger partial charge in [-0.3, -0.25) is 0 Å². The Bertz CT molecular complexity index is 573. The number of carboxylic acid groups (broad SMARTS) is 1. The molecule has 0 atom stereocenters. The van der Waals surface area contributed by atoms with E-state index in [2.05, 4.69) is 14.6 Å². The van der Waals surface area contributed by atoms with Gasteiger partial charge in [-0.1, -0.05) is 0 Å². The van der Waals surface area contributed by atoms with Crippen LogP contribution >= 0.6 is 0 Å². The molecule has 1 saturated heterocycles. The van der Waals surface area contributed by atoms with E-state index in [0.29, 0.717) is 12.5 Å². The van der Waals surface area contributed by atoms with E-state index >= 15 is 0 Å². The van der Waals surface area contributed by atoms with Crippen LogP contribution in [0.25, 0.3) is 0 Å². The lowest BCUT2D eigenvalue weighted by Gasteiger charge is -2.28. The SMILES string of the molecule is CN1CCC(CNS(=O)(=O)c2c[nH]c(C(=O)O)c2)CC1. The Kier molecular flexibility index (Phi) is 4.46. The van der Waals surface area contributed by atoms with Gasteiger partial charge < -0.3 is 15.0 Å². The van der Waals surface area contributed by atoms with Crippen molar-refractivity contribution in [2.24, 2.45) is 5.92 Å². The number of nitrogens with one attached hydrogen (secondary N) is 2. The number of likely N-dealkylation sites (tertiary alicyclic amines) is 1. The number of piperidine rings is 1. The average molecular weight is 301 g/mol. The maximum absolute atomic E-state index is 12.0. The summed E-state index contributed by atoms with van der Waals surface area (Å²) in [6.07, 6.45) is 3.12. The molecule has 2 rings (SSSR count). The number of aromatic nitrogens is 1. The molecule has 0 spiro atoms. The summed E-state index contributed by atoms with van der Waals surface area (Å²) in [5.41, 5.74) is -0.135. The Morgan fingerprint density at radius 2 is 2.15 bits per heavy atom. The molecule has 0 aromatic carbocycles. The van der Waals surface area contributed by atoms with Crippen molar-refractivity contribution in [3.63, 3.8) is 0 Å². The van der Waals surface area contributed by atoms with Gasteiger partial charge in [0.15, 0.2) is 0 Å². The molecule has 0 unspecified atom stereocenters. The summed E-state index contributed by atoms with van der Waals surface area (Å²) >= 11 is 0. The number of hydrogen-bond acceptors (Lipinski definition) is 4. The number of H-pyrrole nitrogens is 1. The zero-order valence-corrected chi connectivity index (χ0v) is 12.1. The molecule has 1 fully saturated rings. The van der Waals surface area contributed by atoms with Gasteiger partial charge in [-0.05, 0) is 45.0 Å². The summed E-state index contributed by atoms with van der Waals surface area (Å²) in [6.45, 7) is 2.34. The summed E-state index contributed by atoms with van der Waals surface area (Å²) < 4.78 is 26.6. The van der Waals surface area contributed by atoms with E-state index in [1.54, 1.807) is 0 Å². The fourth-order valence-corrected chi connectivity index (χ4v) is 3.34. The van der Waals surface area contributed by atoms with Crippen LogP contribution < -0.4 is 4.72 Å². The highest BCUT2D eigenvalue weighted by Gasteiger charge is 2.22. The van der Waals surface area contributed by atoms with Gasteiger partial charge in [0.1, 0.15) is 10.6 Å². The largest absolute Gasteiger partial charge is 0.477 e. The minimum absolute atomic E-state index is 0.0390. The van der Waals surface area contributed by atoms with Gasteiger partial charge in [0.25, 0.3) is 0 Å². The van der Waals surface area contributed by atoms with Gasteiger partial charge in [-0.25, -0.2) is 17.9 Å². The number of hydrogen-bond donors (Lipinski definition) is 3. The number of aromatic carboxylic acids is 1. The van der Waals surface area contributed by atoms with Crippen molar-refractivity contribution in [2.75, 3.05) is 26.7 Å². The summed E-state index contributed by atoms with van der Waals surface area (Å²) in [4.78, 5) is 15.3. The van der Waals surface area contributed by atoms with Crippen molar-refractivity contribution < 1.29 is 18.3 Å². The molecular weight excluding hydrogens is 282 g/mol. The topological polar surface area (TPSA) is 103 Å². The summed E-state index contributed by atoms with van der Waals surface area (Å²) in [5, 5.41) is 8.77. The second kappa shape index (κ2) is 5.94. The third-order valence-corrected chi connectivity index (χ3v) is 5.00. The Morgan fingerprint density at radius 1 is 1.50 bits per heavy atom. The average Bonchev–Trinajstić information content (AvgIpc) is 2.89. The molecule has 0 saturated carbocycles. The normalized spacial score (nSPS) is 18.2. The molecule has 112 valence electrons. The Balaban J connectivity index is 1.95. The number of aromatic amines is 1. The molecule has 7 nitrogen and oxygen atoms in total. The van der Waals surface area contributed by atoms with Crippen LogP contribution in [0.1, 0.15) is 23.3 Å². The highest BCUT2D eigenvalue weighted by molar-refractivity contribution is 7.89. The van der Waals surface area contributed by atoms with Crippen molar-refractivity contribution in [1.29, 1.82) is 0 Å². The van der Waals surface area contributed by atoms with Gasteiger partial charge in [0.05, 0.1) is 0 Å². The smallest absolute Gasteiger partial charge is 0.352 e. The first-order chi connectivity index (χ1) is 9.38. The van der Waals surface area contributed by atoms with Gasteiger partial charge in [-0.2, -0.15) is 0 Å². The highest BCUT2D eigenvalue weighted by Crippen LogP contribution is 2.16. The first kappa shape index (κ1) is 15.0. The van der Waals surface area contributed by atoms with E-state index in [-0.39, 0.29) is 10.6 Å². The molecule has 0 bridgehead atoms. The number of nitrogens with zero attached hydrogens (tertiary/aromatic N) is 1. The lowest BCUT2D eigenvalue weighted by Crippen LogP contribution is -2.36. The lowest BCUT2D eigenvalue weighted by molar-refractivity contribution is 0.0691. The van der Waals surface area contributed by atoms with Crippen molar-refractivity contribution in [1.82, 2.24) is 14.6 Å². The predicted octanol–water partition coefficient (Wildman–Crippen LogP) is 0.333.